The van der Waals surface area contributed by atoms with E-state index in [0.717, 1.165) is 16.7 Å². The highest BCUT2D eigenvalue weighted by atomic mass is 16.2. The van der Waals surface area contributed by atoms with Gasteiger partial charge in [-0.3, -0.25) is 9.48 Å². The number of aromatic nitrogens is 2. The van der Waals surface area contributed by atoms with E-state index in [-0.39, 0.29) is 5.91 Å². The zero-order chi connectivity index (χ0) is 13.1. The second kappa shape index (κ2) is 5.04. The van der Waals surface area contributed by atoms with Crippen molar-refractivity contribution in [1.29, 1.82) is 0 Å². The number of hydrogen-bond acceptors (Lipinski definition) is 2. The predicted octanol–water partition coefficient (Wildman–Crippen LogP) is 2.00. The summed E-state index contributed by atoms with van der Waals surface area (Å²) >= 11 is 0. The Morgan fingerprint density at radius 3 is 2.83 bits per heavy atom. The van der Waals surface area contributed by atoms with Crippen LogP contribution >= 0.6 is 0 Å². The van der Waals surface area contributed by atoms with Gasteiger partial charge in [0.05, 0.1) is 6.20 Å². The van der Waals surface area contributed by atoms with Crippen molar-refractivity contribution in [3.63, 3.8) is 0 Å². The number of nitrogens with zero attached hydrogens (tertiary/aromatic N) is 3. The lowest BCUT2D eigenvalue weighted by atomic mass is 10.1. The predicted molar refractivity (Wildman–Crippen MR) is 70.2 cm³/mol. The van der Waals surface area contributed by atoms with Crippen LogP contribution in [0.2, 0.25) is 0 Å². The lowest BCUT2D eigenvalue weighted by Gasteiger charge is -2.16. The van der Waals surface area contributed by atoms with Gasteiger partial charge in [0.2, 0.25) is 0 Å². The zero-order valence-electron chi connectivity index (χ0n) is 10.9. The molecule has 0 bridgehead atoms. The number of benzene rings is 1. The van der Waals surface area contributed by atoms with Gasteiger partial charge in [-0.15, -0.1) is 0 Å². The van der Waals surface area contributed by atoms with Gasteiger partial charge in [0.15, 0.2) is 0 Å². The minimum atomic E-state index is 0.0301. The van der Waals surface area contributed by atoms with Gasteiger partial charge in [-0.25, -0.2) is 0 Å². The molecule has 0 aliphatic heterocycles. The van der Waals surface area contributed by atoms with E-state index in [0.29, 0.717) is 6.54 Å². The highest BCUT2D eigenvalue weighted by Crippen LogP contribution is 2.09. The summed E-state index contributed by atoms with van der Waals surface area (Å²) in [4.78, 5) is 13.9. The molecule has 18 heavy (non-hydrogen) atoms. The SMILES string of the molecule is Cc1cccc(C(=O)N(C)Cc2cnn(C)c2)c1. The molecule has 0 radical (unpaired) electrons. The maximum absolute atomic E-state index is 12.2. The Morgan fingerprint density at radius 1 is 1.44 bits per heavy atom. The molecule has 1 aromatic carbocycles. The third kappa shape index (κ3) is 2.77. The molecule has 0 atom stereocenters. The molecule has 0 spiro atoms. The van der Waals surface area contributed by atoms with Crippen LogP contribution in [0, 0.1) is 6.92 Å². The second-order valence-corrected chi connectivity index (χ2v) is 4.55. The first-order chi connectivity index (χ1) is 8.56. The number of rotatable bonds is 3. The van der Waals surface area contributed by atoms with Crippen LogP contribution in [0.3, 0.4) is 0 Å². The average molecular weight is 243 g/mol. The molecule has 1 aromatic heterocycles. The molecule has 94 valence electrons. The monoisotopic (exact) mass is 243 g/mol. The van der Waals surface area contributed by atoms with Crippen LogP contribution in [0.15, 0.2) is 36.7 Å². The molecule has 0 unspecified atom stereocenters. The van der Waals surface area contributed by atoms with Gasteiger partial charge >= 0.3 is 0 Å². The lowest BCUT2D eigenvalue weighted by molar-refractivity contribution is 0.0785. The Kier molecular flexibility index (Phi) is 3.46. The first-order valence-corrected chi connectivity index (χ1v) is 5.86. The van der Waals surface area contributed by atoms with E-state index in [2.05, 4.69) is 5.10 Å². The van der Waals surface area contributed by atoms with Crippen molar-refractivity contribution < 1.29 is 4.79 Å². The van der Waals surface area contributed by atoms with E-state index in [1.807, 2.05) is 44.4 Å². The summed E-state index contributed by atoms with van der Waals surface area (Å²) in [6, 6.07) is 7.63. The number of carbonyl (C=O) groups is 1. The van der Waals surface area contributed by atoms with E-state index in [4.69, 9.17) is 0 Å². The zero-order valence-corrected chi connectivity index (χ0v) is 10.9. The molecule has 2 aromatic rings. The van der Waals surface area contributed by atoms with Crippen LogP contribution in [0.4, 0.5) is 0 Å². The largest absolute Gasteiger partial charge is 0.337 e. The van der Waals surface area contributed by atoms with Gasteiger partial charge in [0.1, 0.15) is 0 Å². The van der Waals surface area contributed by atoms with E-state index in [9.17, 15) is 4.79 Å². The minimum Gasteiger partial charge on any atom is -0.337 e. The smallest absolute Gasteiger partial charge is 0.253 e. The Labute approximate surface area is 107 Å². The fourth-order valence-electron chi connectivity index (χ4n) is 1.90. The molecule has 0 N–H and O–H groups in total. The third-order valence-electron chi connectivity index (χ3n) is 2.79. The van der Waals surface area contributed by atoms with Crippen molar-refractivity contribution >= 4 is 5.91 Å². The Bertz CT molecular complexity index is 560. The van der Waals surface area contributed by atoms with Gasteiger partial charge in [-0.05, 0) is 19.1 Å². The molecule has 2 rings (SSSR count). The number of amides is 1. The third-order valence-corrected chi connectivity index (χ3v) is 2.79. The summed E-state index contributed by atoms with van der Waals surface area (Å²) in [5.74, 6) is 0.0301. The van der Waals surface area contributed by atoms with Gasteiger partial charge in [-0.2, -0.15) is 5.10 Å². The molecule has 0 aliphatic carbocycles. The fourth-order valence-corrected chi connectivity index (χ4v) is 1.90. The summed E-state index contributed by atoms with van der Waals surface area (Å²) in [5, 5.41) is 4.09. The van der Waals surface area contributed by atoms with Gasteiger partial charge in [0, 0.05) is 38.0 Å². The van der Waals surface area contributed by atoms with Crippen LogP contribution in [0.1, 0.15) is 21.5 Å². The quantitative estimate of drug-likeness (QED) is 0.827. The Hall–Kier alpha value is -2.10. The Balaban J connectivity index is 2.09. The van der Waals surface area contributed by atoms with E-state index in [1.165, 1.54) is 0 Å². The first-order valence-electron chi connectivity index (χ1n) is 5.86. The highest BCUT2D eigenvalue weighted by molar-refractivity contribution is 5.94. The molecule has 0 saturated heterocycles. The maximum Gasteiger partial charge on any atom is 0.253 e. The van der Waals surface area contributed by atoms with E-state index in [1.54, 1.807) is 22.8 Å². The van der Waals surface area contributed by atoms with Crippen LogP contribution < -0.4 is 0 Å². The fraction of sp³-hybridized carbons (Fsp3) is 0.286. The average Bonchev–Trinajstić information content (AvgIpc) is 2.73. The van der Waals surface area contributed by atoms with Gasteiger partial charge < -0.3 is 4.90 Å². The minimum absolute atomic E-state index is 0.0301. The van der Waals surface area contributed by atoms with E-state index >= 15 is 0 Å². The van der Waals surface area contributed by atoms with Crippen LogP contribution in [-0.4, -0.2) is 27.6 Å². The highest BCUT2D eigenvalue weighted by Gasteiger charge is 2.12. The normalized spacial score (nSPS) is 10.4. The number of aryl methyl sites for hydroxylation is 2. The van der Waals surface area contributed by atoms with Crippen LogP contribution in [-0.2, 0) is 13.6 Å². The molecule has 0 aliphatic rings. The standard InChI is InChI=1S/C14H17N3O/c1-11-5-4-6-13(7-11)14(18)16(2)9-12-8-15-17(3)10-12/h4-8,10H,9H2,1-3H3. The van der Waals surface area contributed by atoms with Crippen molar-refractivity contribution in [2.75, 3.05) is 7.05 Å². The van der Waals surface area contributed by atoms with Crippen molar-refractivity contribution in [3.05, 3.63) is 53.3 Å². The number of carbonyl (C=O) groups excluding carboxylic acids is 1. The maximum atomic E-state index is 12.2. The van der Waals surface area contributed by atoms with Crippen molar-refractivity contribution in [3.8, 4) is 0 Å². The summed E-state index contributed by atoms with van der Waals surface area (Å²) in [7, 11) is 3.67. The summed E-state index contributed by atoms with van der Waals surface area (Å²) < 4.78 is 1.74. The summed E-state index contributed by atoms with van der Waals surface area (Å²) in [6.45, 7) is 2.55. The topological polar surface area (TPSA) is 38.1 Å². The van der Waals surface area contributed by atoms with Crippen LogP contribution in [0.25, 0.3) is 0 Å². The van der Waals surface area contributed by atoms with Crippen LogP contribution in [0.5, 0.6) is 0 Å². The van der Waals surface area contributed by atoms with Gasteiger partial charge in [-0.1, -0.05) is 17.7 Å². The van der Waals surface area contributed by atoms with Gasteiger partial charge in [0.25, 0.3) is 5.91 Å². The van der Waals surface area contributed by atoms with Crippen molar-refractivity contribution in [2.45, 2.75) is 13.5 Å². The lowest BCUT2D eigenvalue weighted by Crippen LogP contribution is -2.26. The second-order valence-electron chi connectivity index (χ2n) is 4.55. The number of hydrogen-bond donors (Lipinski definition) is 0. The first kappa shape index (κ1) is 12.4. The molecule has 4 nitrogen and oxygen atoms in total. The molecule has 1 heterocycles. The Morgan fingerprint density at radius 2 is 2.22 bits per heavy atom. The van der Waals surface area contributed by atoms with Crippen molar-refractivity contribution in [2.24, 2.45) is 7.05 Å². The molecular formula is C14H17N3O. The molecule has 0 fully saturated rings. The molecular weight excluding hydrogens is 226 g/mol. The van der Waals surface area contributed by atoms with Crippen molar-refractivity contribution in [1.82, 2.24) is 14.7 Å². The molecule has 1 amide bonds. The molecule has 4 heteroatoms. The molecule has 0 saturated carbocycles. The summed E-state index contributed by atoms with van der Waals surface area (Å²) in [5.41, 5.74) is 2.85. The van der Waals surface area contributed by atoms with E-state index < -0.39 is 0 Å². The summed E-state index contributed by atoms with van der Waals surface area (Å²) in [6.07, 6.45) is 3.69.